The Morgan fingerprint density at radius 2 is 2.20 bits per heavy atom. The highest BCUT2D eigenvalue weighted by Crippen LogP contribution is 2.20. The van der Waals surface area contributed by atoms with Gasteiger partial charge in [0, 0.05) is 13.2 Å². The molecule has 0 spiro atoms. The van der Waals surface area contributed by atoms with E-state index in [0.29, 0.717) is 10.4 Å². The largest absolute Gasteiger partial charge is 0.477 e. The maximum Gasteiger partial charge on any atom is 0.352 e. The zero-order chi connectivity index (χ0) is 14.9. The molecule has 0 saturated heterocycles. The highest BCUT2D eigenvalue weighted by molar-refractivity contribution is 9.10. The molecule has 0 fully saturated rings. The highest BCUT2D eigenvalue weighted by Gasteiger charge is 2.24. The van der Waals surface area contributed by atoms with Crippen LogP contribution >= 0.6 is 15.9 Å². The summed E-state index contributed by atoms with van der Waals surface area (Å²) in [5.41, 5.74) is -0.183. The van der Waals surface area contributed by atoms with Crippen molar-refractivity contribution in [3.8, 4) is 0 Å². The van der Waals surface area contributed by atoms with Gasteiger partial charge in [0.05, 0.1) is 6.54 Å². The number of sulfonamides is 1. The number of furan rings is 1. The molecule has 9 heteroatoms. The summed E-state index contributed by atoms with van der Waals surface area (Å²) in [6, 6.07) is 4.39. The Bertz CT molecular complexity index is 734. The molecule has 2 aromatic heterocycles. The average molecular weight is 363 g/mol. The van der Waals surface area contributed by atoms with Gasteiger partial charge in [0.1, 0.15) is 16.3 Å². The molecule has 0 atom stereocenters. The van der Waals surface area contributed by atoms with Gasteiger partial charge in [0.15, 0.2) is 4.67 Å². The predicted octanol–water partition coefficient (Wildman–Crippen LogP) is 1.89. The number of nitrogens with zero attached hydrogens (tertiary/aromatic N) is 1. The van der Waals surface area contributed by atoms with Gasteiger partial charge in [-0.15, -0.1) is 0 Å². The second kappa shape index (κ2) is 5.43. The lowest BCUT2D eigenvalue weighted by molar-refractivity contribution is 0.0691. The van der Waals surface area contributed by atoms with E-state index in [1.165, 1.54) is 7.05 Å². The van der Waals surface area contributed by atoms with E-state index in [4.69, 9.17) is 9.52 Å². The van der Waals surface area contributed by atoms with E-state index in [1.54, 1.807) is 12.1 Å². The van der Waals surface area contributed by atoms with Crippen molar-refractivity contribution in [1.82, 2.24) is 9.29 Å². The Morgan fingerprint density at radius 1 is 1.50 bits per heavy atom. The molecule has 7 nitrogen and oxygen atoms in total. The molecule has 0 unspecified atom stereocenters. The third kappa shape index (κ3) is 2.94. The van der Waals surface area contributed by atoms with Crippen molar-refractivity contribution >= 4 is 31.9 Å². The van der Waals surface area contributed by atoms with Crippen molar-refractivity contribution < 1.29 is 22.7 Å². The summed E-state index contributed by atoms with van der Waals surface area (Å²) < 4.78 is 31.3. The Balaban J connectivity index is 2.22. The minimum absolute atomic E-state index is 0.0432. The standard InChI is InChI=1S/C11H11BrN2O5S/c1-14(6-7-2-3-10(12)19-7)20(17,18)8-4-9(11(15)16)13-5-8/h2-5,13H,6H2,1H3,(H,15,16). The number of carbonyl (C=O) groups is 1. The molecule has 0 bridgehead atoms. The number of hydrogen-bond donors (Lipinski definition) is 2. The fraction of sp³-hybridized carbons (Fsp3) is 0.182. The van der Waals surface area contributed by atoms with E-state index in [-0.39, 0.29) is 17.1 Å². The van der Waals surface area contributed by atoms with Crippen LogP contribution in [0.2, 0.25) is 0 Å². The van der Waals surface area contributed by atoms with Crippen LogP contribution in [0.15, 0.2) is 38.4 Å². The molecule has 2 aromatic rings. The van der Waals surface area contributed by atoms with Gasteiger partial charge in [-0.05, 0) is 34.1 Å². The smallest absolute Gasteiger partial charge is 0.352 e. The lowest BCUT2D eigenvalue weighted by Crippen LogP contribution is -2.26. The molecule has 0 radical (unpaired) electrons. The normalized spacial score (nSPS) is 11.9. The molecule has 2 rings (SSSR count). The third-order valence-electron chi connectivity index (χ3n) is 2.60. The summed E-state index contributed by atoms with van der Waals surface area (Å²) in [4.78, 5) is 13.0. The number of hydrogen-bond acceptors (Lipinski definition) is 4. The molecular weight excluding hydrogens is 352 g/mol. The van der Waals surface area contributed by atoms with Gasteiger partial charge in [-0.2, -0.15) is 4.31 Å². The summed E-state index contributed by atoms with van der Waals surface area (Å²) in [5.74, 6) is -0.749. The van der Waals surface area contributed by atoms with Crippen molar-refractivity contribution in [3.05, 3.63) is 40.5 Å². The number of aromatic carboxylic acids is 1. The first-order valence-corrected chi connectivity index (χ1v) is 7.66. The predicted molar refractivity (Wildman–Crippen MR) is 72.8 cm³/mol. The van der Waals surface area contributed by atoms with Crippen molar-refractivity contribution in [2.45, 2.75) is 11.4 Å². The van der Waals surface area contributed by atoms with Gasteiger partial charge in [-0.1, -0.05) is 0 Å². The van der Waals surface area contributed by atoms with Crippen LogP contribution in [-0.4, -0.2) is 35.8 Å². The number of carboxylic acids is 1. The van der Waals surface area contributed by atoms with Gasteiger partial charge in [0.25, 0.3) is 0 Å². The van der Waals surface area contributed by atoms with E-state index in [2.05, 4.69) is 20.9 Å². The molecule has 0 aromatic carbocycles. The van der Waals surface area contributed by atoms with Gasteiger partial charge in [-0.25, -0.2) is 13.2 Å². The van der Waals surface area contributed by atoms with Gasteiger partial charge in [-0.3, -0.25) is 0 Å². The summed E-state index contributed by atoms with van der Waals surface area (Å²) in [6.45, 7) is 0.0432. The van der Waals surface area contributed by atoms with Crippen molar-refractivity contribution in [1.29, 1.82) is 0 Å². The van der Waals surface area contributed by atoms with Gasteiger partial charge >= 0.3 is 5.97 Å². The van der Waals surface area contributed by atoms with Crippen LogP contribution in [-0.2, 0) is 16.6 Å². The zero-order valence-electron chi connectivity index (χ0n) is 10.3. The van der Waals surface area contributed by atoms with Crippen LogP contribution in [0.4, 0.5) is 0 Å². The lowest BCUT2D eigenvalue weighted by atomic mass is 10.4. The number of aromatic nitrogens is 1. The summed E-state index contributed by atoms with van der Waals surface area (Å²) in [5, 5.41) is 8.78. The van der Waals surface area contributed by atoms with Crippen LogP contribution in [0, 0.1) is 0 Å². The molecule has 0 aliphatic carbocycles. The van der Waals surface area contributed by atoms with Gasteiger partial charge in [0.2, 0.25) is 10.0 Å². The average Bonchev–Trinajstić information content (AvgIpc) is 2.98. The van der Waals surface area contributed by atoms with Gasteiger partial charge < -0.3 is 14.5 Å². The Kier molecular flexibility index (Phi) is 4.02. The Morgan fingerprint density at radius 3 is 2.70 bits per heavy atom. The monoisotopic (exact) mass is 362 g/mol. The van der Waals surface area contributed by atoms with Crippen molar-refractivity contribution in [2.75, 3.05) is 7.05 Å². The molecule has 0 aliphatic rings. The Labute approximate surface area is 123 Å². The molecular formula is C11H11BrN2O5S. The summed E-state index contributed by atoms with van der Waals surface area (Å²) in [7, 11) is -2.39. The SMILES string of the molecule is CN(Cc1ccc(Br)o1)S(=O)(=O)c1c[nH]c(C(=O)O)c1. The summed E-state index contributed by atoms with van der Waals surface area (Å²) in [6.07, 6.45) is 1.15. The first-order valence-electron chi connectivity index (χ1n) is 5.43. The topological polar surface area (TPSA) is 104 Å². The minimum Gasteiger partial charge on any atom is -0.477 e. The second-order valence-corrected chi connectivity index (χ2v) is 6.85. The number of carboxylic acid groups (broad SMARTS) is 1. The molecule has 2 N–H and O–H groups in total. The van der Waals surface area contributed by atoms with E-state index in [1.807, 2.05) is 0 Å². The quantitative estimate of drug-likeness (QED) is 0.844. The first kappa shape index (κ1) is 14.8. The van der Waals surface area contributed by atoms with Crippen LogP contribution in [0.1, 0.15) is 16.2 Å². The highest BCUT2D eigenvalue weighted by atomic mass is 79.9. The van der Waals surface area contributed by atoms with E-state index in [9.17, 15) is 13.2 Å². The molecule has 0 aliphatic heterocycles. The first-order chi connectivity index (χ1) is 9.30. The van der Waals surface area contributed by atoms with E-state index in [0.717, 1.165) is 16.6 Å². The van der Waals surface area contributed by atoms with Crippen LogP contribution in [0.3, 0.4) is 0 Å². The molecule has 108 valence electrons. The molecule has 20 heavy (non-hydrogen) atoms. The second-order valence-electron chi connectivity index (χ2n) is 4.02. The molecule has 0 saturated carbocycles. The van der Waals surface area contributed by atoms with E-state index < -0.39 is 16.0 Å². The van der Waals surface area contributed by atoms with Crippen molar-refractivity contribution in [3.63, 3.8) is 0 Å². The van der Waals surface area contributed by atoms with Crippen molar-refractivity contribution in [2.24, 2.45) is 0 Å². The fourth-order valence-electron chi connectivity index (χ4n) is 1.57. The van der Waals surface area contributed by atoms with E-state index >= 15 is 0 Å². The Hall–Kier alpha value is -1.58. The summed E-state index contributed by atoms with van der Waals surface area (Å²) >= 11 is 3.13. The number of halogens is 1. The van der Waals surface area contributed by atoms with Crippen LogP contribution < -0.4 is 0 Å². The number of nitrogens with one attached hydrogen (secondary N) is 1. The van der Waals surface area contributed by atoms with Crippen LogP contribution in [0.25, 0.3) is 0 Å². The third-order valence-corrected chi connectivity index (χ3v) is 4.81. The maximum absolute atomic E-state index is 12.2. The fourth-order valence-corrected chi connectivity index (χ4v) is 3.04. The zero-order valence-corrected chi connectivity index (χ0v) is 12.7. The molecule has 2 heterocycles. The number of rotatable bonds is 5. The maximum atomic E-state index is 12.2. The molecule has 0 amide bonds. The van der Waals surface area contributed by atoms with Crippen LogP contribution in [0.5, 0.6) is 0 Å². The number of aromatic amines is 1. The minimum atomic E-state index is -3.78. The lowest BCUT2D eigenvalue weighted by Gasteiger charge is -2.14. The number of H-pyrrole nitrogens is 1.